The van der Waals surface area contributed by atoms with Crippen LogP contribution in [0.15, 0.2) is 42.5 Å². The van der Waals surface area contributed by atoms with Gasteiger partial charge in [0.15, 0.2) is 0 Å². The van der Waals surface area contributed by atoms with E-state index in [2.05, 4.69) is 4.98 Å². The molecule has 0 bridgehead atoms. The van der Waals surface area contributed by atoms with Gasteiger partial charge < -0.3 is 9.64 Å². The molecule has 0 aliphatic carbocycles. The molecule has 7 heteroatoms. The highest BCUT2D eigenvalue weighted by atomic mass is 35.5. The van der Waals surface area contributed by atoms with E-state index >= 15 is 0 Å². The van der Waals surface area contributed by atoms with Gasteiger partial charge in [-0.25, -0.2) is 9.78 Å². The first kappa shape index (κ1) is 22.3. The van der Waals surface area contributed by atoms with Crippen LogP contribution in [0.3, 0.4) is 0 Å². The Labute approximate surface area is 196 Å². The normalized spacial score (nSPS) is 12.8. The fourth-order valence-corrected chi connectivity index (χ4v) is 4.47. The molecule has 1 aliphatic heterocycles. The van der Waals surface area contributed by atoms with Crippen LogP contribution in [0, 0.1) is 13.8 Å². The van der Waals surface area contributed by atoms with Gasteiger partial charge in [-0.15, -0.1) is 0 Å². The molecule has 4 rings (SSSR count). The zero-order chi connectivity index (χ0) is 23.0. The lowest BCUT2D eigenvalue weighted by molar-refractivity contribution is 0.0525. The van der Waals surface area contributed by atoms with Crippen LogP contribution in [0.2, 0.25) is 10.0 Å². The summed E-state index contributed by atoms with van der Waals surface area (Å²) in [5.74, 6) is -0.670. The number of aromatic nitrogens is 1. The number of benzene rings is 2. The van der Waals surface area contributed by atoms with E-state index in [9.17, 15) is 9.59 Å². The second-order valence-corrected chi connectivity index (χ2v) is 8.61. The summed E-state index contributed by atoms with van der Waals surface area (Å²) < 4.78 is 5.31. The third-order valence-corrected chi connectivity index (χ3v) is 6.04. The van der Waals surface area contributed by atoms with Crippen LogP contribution in [-0.4, -0.2) is 28.4 Å². The number of hydrogen-bond donors (Lipinski definition) is 0. The highest BCUT2D eigenvalue weighted by molar-refractivity contribution is 6.36. The first-order valence-corrected chi connectivity index (χ1v) is 11.1. The third-order valence-electron chi connectivity index (χ3n) is 5.49. The molecule has 0 radical (unpaired) electrons. The molecule has 0 unspecified atom stereocenters. The minimum absolute atomic E-state index is 0.176. The Bertz CT molecular complexity index is 1220. The Balaban J connectivity index is 1.86. The monoisotopic (exact) mass is 468 g/mol. The number of esters is 1. The molecule has 5 nitrogen and oxygen atoms in total. The standard InChI is InChI=1S/C25H22Cl2N2O3/c1-4-32-25(31)21-15(3)28-23-19(22(21)18-10-9-17(26)11-20(18)27)13-29(24(23)30)12-16-7-5-14(2)6-8-16/h5-11H,4,12-13H2,1-3H3. The maximum absolute atomic E-state index is 13.2. The van der Waals surface area contributed by atoms with Gasteiger partial charge in [0, 0.05) is 39.8 Å². The summed E-state index contributed by atoms with van der Waals surface area (Å²) in [5, 5.41) is 0.871. The van der Waals surface area contributed by atoms with Crippen molar-refractivity contribution >= 4 is 35.1 Å². The molecule has 1 amide bonds. The Hall–Kier alpha value is -2.89. The van der Waals surface area contributed by atoms with Gasteiger partial charge in [-0.3, -0.25) is 4.79 Å². The van der Waals surface area contributed by atoms with Crippen LogP contribution in [-0.2, 0) is 17.8 Å². The second-order valence-electron chi connectivity index (χ2n) is 7.77. The SMILES string of the molecule is CCOC(=O)c1c(C)nc2c(c1-c1ccc(Cl)cc1Cl)CN(Cc1ccc(C)cc1)C2=O. The number of rotatable bonds is 5. The van der Waals surface area contributed by atoms with E-state index in [-0.39, 0.29) is 12.5 Å². The molecule has 0 spiro atoms. The van der Waals surface area contributed by atoms with Gasteiger partial charge in [0.25, 0.3) is 5.91 Å². The summed E-state index contributed by atoms with van der Waals surface area (Å²) in [4.78, 5) is 32.4. The number of aryl methyl sites for hydroxylation is 2. The second kappa shape index (κ2) is 8.93. The molecule has 32 heavy (non-hydrogen) atoms. The van der Waals surface area contributed by atoms with Crippen molar-refractivity contribution in [3.63, 3.8) is 0 Å². The Kier molecular flexibility index (Phi) is 6.22. The summed E-state index contributed by atoms with van der Waals surface area (Å²) in [7, 11) is 0. The van der Waals surface area contributed by atoms with E-state index in [4.69, 9.17) is 27.9 Å². The van der Waals surface area contributed by atoms with Crippen LogP contribution in [0.25, 0.3) is 11.1 Å². The van der Waals surface area contributed by atoms with Gasteiger partial charge in [0.05, 0.1) is 17.9 Å². The Morgan fingerprint density at radius 2 is 1.84 bits per heavy atom. The van der Waals surface area contributed by atoms with Gasteiger partial charge >= 0.3 is 5.97 Å². The van der Waals surface area contributed by atoms with Crippen LogP contribution in [0.5, 0.6) is 0 Å². The quantitative estimate of drug-likeness (QED) is 0.430. The zero-order valence-corrected chi connectivity index (χ0v) is 19.5. The van der Waals surface area contributed by atoms with Crippen molar-refractivity contribution in [1.82, 2.24) is 9.88 Å². The molecule has 2 aromatic carbocycles. The van der Waals surface area contributed by atoms with Crippen LogP contribution >= 0.6 is 23.2 Å². The number of fused-ring (bicyclic) bond motifs is 1. The van der Waals surface area contributed by atoms with E-state index in [0.29, 0.717) is 56.8 Å². The van der Waals surface area contributed by atoms with Gasteiger partial charge in [0.2, 0.25) is 0 Å². The van der Waals surface area contributed by atoms with Crippen molar-refractivity contribution in [2.24, 2.45) is 0 Å². The van der Waals surface area contributed by atoms with Crippen molar-refractivity contribution < 1.29 is 14.3 Å². The molecule has 0 saturated heterocycles. The van der Waals surface area contributed by atoms with Crippen LogP contribution in [0.4, 0.5) is 0 Å². The Morgan fingerprint density at radius 1 is 1.12 bits per heavy atom. The predicted molar refractivity (Wildman–Crippen MR) is 125 cm³/mol. The molecule has 0 atom stereocenters. The maximum atomic E-state index is 13.2. The van der Waals surface area contributed by atoms with E-state index < -0.39 is 5.97 Å². The molecule has 0 fully saturated rings. The molecule has 164 valence electrons. The van der Waals surface area contributed by atoms with Crippen molar-refractivity contribution in [2.75, 3.05) is 6.61 Å². The van der Waals surface area contributed by atoms with Gasteiger partial charge in [-0.2, -0.15) is 0 Å². The minimum Gasteiger partial charge on any atom is -0.462 e. The van der Waals surface area contributed by atoms with E-state index in [1.54, 1.807) is 36.9 Å². The average Bonchev–Trinajstić information content (AvgIpc) is 3.04. The number of halogens is 2. The first-order valence-electron chi connectivity index (χ1n) is 10.3. The lowest BCUT2D eigenvalue weighted by Gasteiger charge is -2.17. The number of carbonyl (C=O) groups excluding carboxylic acids is 2. The summed E-state index contributed by atoms with van der Waals surface area (Å²) in [5.41, 5.74) is 5.11. The van der Waals surface area contributed by atoms with E-state index in [0.717, 1.165) is 11.1 Å². The number of nitrogens with zero attached hydrogens (tertiary/aromatic N) is 2. The zero-order valence-electron chi connectivity index (χ0n) is 18.0. The number of pyridine rings is 1. The topological polar surface area (TPSA) is 59.5 Å². The molecule has 2 heterocycles. The Morgan fingerprint density at radius 3 is 2.50 bits per heavy atom. The summed E-state index contributed by atoms with van der Waals surface area (Å²) in [6.45, 7) is 6.45. The average molecular weight is 469 g/mol. The fourth-order valence-electron chi connectivity index (χ4n) is 3.97. The summed E-state index contributed by atoms with van der Waals surface area (Å²) >= 11 is 12.6. The molecule has 3 aromatic rings. The van der Waals surface area contributed by atoms with E-state index in [1.165, 1.54) is 0 Å². The molecule has 1 aliphatic rings. The van der Waals surface area contributed by atoms with Crippen molar-refractivity contribution in [2.45, 2.75) is 33.9 Å². The number of amides is 1. The highest BCUT2D eigenvalue weighted by Crippen LogP contribution is 2.40. The number of carbonyl (C=O) groups is 2. The fraction of sp³-hybridized carbons (Fsp3) is 0.240. The predicted octanol–water partition coefficient (Wildman–Crippen LogP) is 6.00. The molecule has 0 saturated carbocycles. The minimum atomic E-state index is -0.495. The number of ether oxygens (including phenoxy) is 1. The lowest BCUT2D eigenvalue weighted by Crippen LogP contribution is -2.23. The number of hydrogen-bond acceptors (Lipinski definition) is 4. The molecular formula is C25H22Cl2N2O3. The van der Waals surface area contributed by atoms with Gasteiger partial charge in [-0.1, -0.05) is 59.1 Å². The van der Waals surface area contributed by atoms with Crippen LogP contribution in [0.1, 0.15) is 50.2 Å². The van der Waals surface area contributed by atoms with Crippen molar-refractivity contribution in [3.05, 3.63) is 86.2 Å². The molecule has 1 aromatic heterocycles. The highest BCUT2D eigenvalue weighted by Gasteiger charge is 2.35. The van der Waals surface area contributed by atoms with Gasteiger partial charge in [0.1, 0.15) is 5.69 Å². The largest absolute Gasteiger partial charge is 0.462 e. The maximum Gasteiger partial charge on any atom is 0.340 e. The van der Waals surface area contributed by atoms with Crippen molar-refractivity contribution in [3.8, 4) is 11.1 Å². The lowest BCUT2D eigenvalue weighted by atomic mass is 9.93. The van der Waals surface area contributed by atoms with E-state index in [1.807, 2.05) is 31.2 Å². The smallest absolute Gasteiger partial charge is 0.340 e. The van der Waals surface area contributed by atoms with Gasteiger partial charge in [-0.05, 0) is 38.5 Å². The summed E-state index contributed by atoms with van der Waals surface area (Å²) in [6.07, 6.45) is 0. The molecule has 0 N–H and O–H groups in total. The van der Waals surface area contributed by atoms with Crippen molar-refractivity contribution in [1.29, 1.82) is 0 Å². The first-order chi connectivity index (χ1) is 15.3. The van der Waals surface area contributed by atoms with Crippen LogP contribution < -0.4 is 0 Å². The molecular weight excluding hydrogens is 447 g/mol. The third kappa shape index (κ3) is 4.10. The summed E-state index contributed by atoms with van der Waals surface area (Å²) in [6, 6.07) is 13.1.